The Kier molecular flexibility index (Phi) is 8.58. The Balaban J connectivity index is 1.42. The number of methoxy groups -OCH3 is 1. The molecule has 6 rings (SSSR count). The topological polar surface area (TPSA) is 100 Å². The molecule has 8 nitrogen and oxygen atoms in total. The predicted octanol–water partition coefficient (Wildman–Crippen LogP) is 6.33. The lowest BCUT2D eigenvalue weighted by Crippen LogP contribution is -2.39. The molecule has 0 fully saturated rings. The van der Waals surface area contributed by atoms with Crippen molar-refractivity contribution >= 4 is 52.6 Å². The first-order chi connectivity index (χ1) is 21.7. The number of carbonyl (C=O) groups excluding carboxylic acids is 2. The Morgan fingerprint density at radius 1 is 0.978 bits per heavy atom. The number of thiazole rings is 1. The van der Waals surface area contributed by atoms with Crippen molar-refractivity contribution in [2.45, 2.75) is 19.6 Å². The second-order valence-corrected chi connectivity index (χ2v) is 11.9. The van der Waals surface area contributed by atoms with Crippen molar-refractivity contribution in [3.63, 3.8) is 0 Å². The van der Waals surface area contributed by atoms with Gasteiger partial charge in [-0.2, -0.15) is 0 Å². The fourth-order valence-corrected chi connectivity index (χ4v) is 6.44. The summed E-state index contributed by atoms with van der Waals surface area (Å²) in [6.07, 6.45) is 1.62. The normalized spacial score (nSPS) is 14.6. The summed E-state index contributed by atoms with van der Waals surface area (Å²) in [6, 6.07) is 23.7. The number of furan rings is 1. The van der Waals surface area contributed by atoms with Crippen LogP contribution in [0.15, 0.2) is 110 Å². The van der Waals surface area contributed by atoms with Crippen molar-refractivity contribution in [1.29, 1.82) is 0 Å². The van der Waals surface area contributed by atoms with Gasteiger partial charge in [0, 0.05) is 11.6 Å². The van der Waals surface area contributed by atoms with Gasteiger partial charge in [-0.1, -0.05) is 83.1 Å². The van der Waals surface area contributed by atoms with Gasteiger partial charge in [0.2, 0.25) is 0 Å². The predicted molar refractivity (Wildman–Crippen MR) is 172 cm³/mol. The summed E-state index contributed by atoms with van der Waals surface area (Å²) in [6.45, 7) is 1.76. The number of esters is 2. The van der Waals surface area contributed by atoms with Crippen LogP contribution in [-0.4, -0.2) is 23.6 Å². The average molecular weight is 660 g/mol. The van der Waals surface area contributed by atoms with E-state index in [9.17, 15) is 14.4 Å². The van der Waals surface area contributed by atoms with Crippen LogP contribution in [0.3, 0.4) is 0 Å². The maximum Gasteiger partial charge on any atom is 0.338 e. The molecule has 1 aliphatic rings. The van der Waals surface area contributed by atoms with Crippen molar-refractivity contribution in [3.8, 4) is 11.3 Å². The minimum Gasteiger partial charge on any atom is -0.465 e. The van der Waals surface area contributed by atoms with Gasteiger partial charge in [-0.05, 0) is 54.4 Å². The molecule has 0 N–H and O–H groups in total. The highest BCUT2D eigenvalue weighted by Crippen LogP contribution is 2.35. The first kappa shape index (κ1) is 30.3. The first-order valence-electron chi connectivity index (χ1n) is 13.7. The number of allylic oxidation sites excluding steroid dienone is 1. The third-order valence-corrected chi connectivity index (χ3v) is 9.02. The third kappa shape index (κ3) is 6.02. The fraction of sp³-hybridized carbons (Fsp3) is 0.118. The fourth-order valence-electron chi connectivity index (χ4n) is 5.02. The second kappa shape index (κ2) is 12.7. The van der Waals surface area contributed by atoms with E-state index in [1.54, 1.807) is 67.6 Å². The van der Waals surface area contributed by atoms with E-state index in [-0.39, 0.29) is 17.7 Å². The minimum atomic E-state index is -0.865. The lowest BCUT2D eigenvalue weighted by atomic mass is 9.95. The Labute approximate surface area is 271 Å². The number of benzene rings is 3. The molecule has 0 radical (unpaired) electrons. The average Bonchev–Trinajstić information content (AvgIpc) is 3.64. The molecular formula is C34H24Cl2N2O6S. The van der Waals surface area contributed by atoms with E-state index in [1.807, 2.05) is 30.3 Å². The molecule has 1 unspecified atom stereocenters. The number of carbonyl (C=O) groups is 2. The van der Waals surface area contributed by atoms with Crippen LogP contribution in [0, 0.1) is 0 Å². The number of hydrogen-bond acceptors (Lipinski definition) is 8. The zero-order valence-corrected chi connectivity index (χ0v) is 26.3. The van der Waals surface area contributed by atoms with Gasteiger partial charge in [0.15, 0.2) is 4.80 Å². The second-order valence-electron chi connectivity index (χ2n) is 10.1. The van der Waals surface area contributed by atoms with Gasteiger partial charge in [0.25, 0.3) is 5.56 Å². The van der Waals surface area contributed by atoms with Gasteiger partial charge >= 0.3 is 11.9 Å². The van der Waals surface area contributed by atoms with Crippen molar-refractivity contribution < 1.29 is 23.5 Å². The lowest BCUT2D eigenvalue weighted by Gasteiger charge is -2.25. The van der Waals surface area contributed by atoms with Gasteiger partial charge in [-0.25, -0.2) is 14.6 Å². The molecule has 11 heteroatoms. The number of ether oxygens (including phenoxy) is 2. The van der Waals surface area contributed by atoms with Crippen LogP contribution < -0.4 is 14.9 Å². The van der Waals surface area contributed by atoms with Crippen molar-refractivity contribution in [2.24, 2.45) is 4.99 Å². The number of nitrogens with zero attached hydrogens (tertiary/aromatic N) is 2. The summed E-state index contributed by atoms with van der Waals surface area (Å²) < 4.78 is 18.4. The monoisotopic (exact) mass is 658 g/mol. The largest absolute Gasteiger partial charge is 0.465 e. The molecule has 3 heterocycles. The molecular weight excluding hydrogens is 635 g/mol. The van der Waals surface area contributed by atoms with Crippen molar-refractivity contribution in [2.75, 3.05) is 7.11 Å². The van der Waals surface area contributed by atoms with E-state index in [4.69, 9.17) is 37.1 Å². The van der Waals surface area contributed by atoms with E-state index >= 15 is 0 Å². The van der Waals surface area contributed by atoms with E-state index in [0.29, 0.717) is 53.3 Å². The highest BCUT2D eigenvalue weighted by atomic mass is 35.5. The van der Waals surface area contributed by atoms with Crippen LogP contribution in [0.25, 0.3) is 17.4 Å². The molecule has 3 aromatic carbocycles. The third-order valence-electron chi connectivity index (χ3n) is 7.22. The summed E-state index contributed by atoms with van der Waals surface area (Å²) in [7, 11) is 1.30. The summed E-state index contributed by atoms with van der Waals surface area (Å²) in [4.78, 5) is 44.8. The van der Waals surface area contributed by atoms with Gasteiger partial charge in [-0.15, -0.1) is 0 Å². The zero-order chi connectivity index (χ0) is 31.7. The molecule has 1 atom stereocenters. The Bertz CT molecular complexity index is 2150. The molecule has 0 saturated carbocycles. The number of aromatic nitrogens is 1. The number of hydrogen-bond donors (Lipinski definition) is 0. The van der Waals surface area contributed by atoms with Crippen LogP contribution in [0.2, 0.25) is 10.0 Å². The zero-order valence-electron chi connectivity index (χ0n) is 24.0. The molecule has 0 amide bonds. The summed E-state index contributed by atoms with van der Waals surface area (Å²) in [5.41, 5.74) is 2.61. The summed E-state index contributed by atoms with van der Waals surface area (Å²) in [5.74, 6) is -0.199. The van der Waals surface area contributed by atoms with Gasteiger partial charge in [-0.3, -0.25) is 9.36 Å². The van der Waals surface area contributed by atoms with Crippen LogP contribution in [0.5, 0.6) is 0 Å². The van der Waals surface area contributed by atoms with Crippen molar-refractivity contribution in [3.05, 3.63) is 148 Å². The molecule has 45 heavy (non-hydrogen) atoms. The first-order valence-corrected chi connectivity index (χ1v) is 15.3. The van der Waals surface area contributed by atoms with Gasteiger partial charge in [0.05, 0.1) is 44.6 Å². The number of halogens is 2. The van der Waals surface area contributed by atoms with Crippen molar-refractivity contribution in [1.82, 2.24) is 4.57 Å². The Morgan fingerprint density at radius 2 is 1.73 bits per heavy atom. The van der Waals surface area contributed by atoms with Crippen LogP contribution in [-0.2, 0) is 20.9 Å². The molecule has 0 saturated heterocycles. The molecule has 0 aliphatic carbocycles. The maximum absolute atomic E-state index is 14.0. The molecule has 5 aromatic rings. The SMILES string of the molecule is COC(=O)c1ccc(C2C(C(=O)OCc3ccccc3)=C(C)N=c3sc(=Cc4ccc(-c5cccc(Cl)c5Cl)o4)c(=O)n32)cc1. The lowest BCUT2D eigenvalue weighted by molar-refractivity contribution is -0.140. The van der Waals surface area contributed by atoms with E-state index in [2.05, 4.69) is 4.99 Å². The number of fused-ring (bicyclic) bond motifs is 1. The summed E-state index contributed by atoms with van der Waals surface area (Å²) >= 11 is 13.7. The number of rotatable bonds is 7. The van der Waals surface area contributed by atoms with E-state index < -0.39 is 18.0 Å². The maximum atomic E-state index is 14.0. The highest BCUT2D eigenvalue weighted by Gasteiger charge is 2.33. The molecule has 226 valence electrons. The van der Waals surface area contributed by atoms with Gasteiger partial charge < -0.3 is 13.9 Å². The Morgan fingerprint density at radius 3 is 2.47 bits per heavy atom. The highest BCUT2D eigenvalue weighted by molar-refractivity contribution is 7.07. The molecule has 0 spiro atoms. The standard InChI is InChI=1S/C34H24Cl2N2O6S/c1-19-28(33(41)43-18-20-7-4-3-5-8-20)30(21-11-13-22(14-12-21)32(40)42-2)38-31(39)27(45-34(38)37-19)17-23-15-16-26(44-23)24-9-6-10-25(35)29(24)36/h3-17,30H,18H2,1-2H3. The smallest absolute Gasteiger partial charge is 0.338 e. The summed E-state index contributed by atoms with van der Waals surface area (Å²) in [5, 5.41) is 0.758. The van der Waals surface area contributed by atoms with E-state index in [0.717, 1.165) is 5.56 Å². The molecule has 2 aromatic heterocycles. The Hall–Kier alpha value is -4.70. The van der Waals surface area contributed by atoms with Crippen LogP contribution in [0.1, 0.15) is 40.2 Å². The molecule has 1 aliphatic heterocycles. The minimum absolute atomic E-state index is 0.0480. The molecule has 0 bridgehead atoms. The van der Waals surface area contributed by atoms with Crippen LogP contribution in [0.4, 0.5) is 0 Å². The van der Waals surface area contributed by atoms with E-state index in [1.165, 1.54) is 23.0 Å². The van der Waals surface area contributed by atoms with Gasteiger partial charge in [0.1, 0.15) is 18.1 Å². The van der Waals surface area contributed by atoms with Crippen LogP contribution >= 0.6 is 34.5 Å². The quantitative estimate of drug-likeness (QED) is 0.189.